The van der Waals surface area contributed by atoms with Gasteiger partial charge in [0, 0.05) is 11.0 Å². The molecule has 1 heterocycles. The first-order valence-corrected chi connectivity index (χ1v) is 6.25. The molecule has 0 amide bonds. The number of nitrogens with zero attached hydrogens (tertiary/aromatic N) is 2. The van der Waals surface area contributed by atoms with E-state index in [4.69, 9.17) is 5.73 Å². The maximum absolute atomic E-state index is 5.86. The van der Waals surface area contributed by atoms with Crippen LogP contribution >= 0.6 is 15.9 Å². The zero-order chi connectivity index (χ0) is 11.7. The first-order chi connectivity index (χ1) is 7.63. The van der Waals surface area contributed by atoms with Crippen LogP contribution in [-0.2, 0) is 0 Å². The van der Waals surface area contributed by atoms with Crippen molar-refractivity contribution in [1.82, 2.24) is 4.90 Å². The molecule has 2 N–H and O–H groups in total. The van der Waals surface area contributed by atoms with Gasteiger partial charge < -0.3 is 10.6 Å². The van der Waals surface area contributed by atoms with Crippen molar-refractivity contribution in [2.45, 2.75) is 19.9 Å². The SMILES string of the molecule is CCN1C(N)=NCC1c1ccc(C)cc1Br. The van der Waals surface area contributed by atoms with Gasteiger partial charge in [-0.05, 0) is 31.0 Å². The van der Waals surface area contributed by atoms with Crippen molar-refractivity contribution in [1.29, 1.82) is 0 Å². The lowest BCUT2D eigenvalue weighted by Gasteiger charge is -2.25. The fourth-order valence-electron chi connectivity index (χ4n) is 2.08. The smallest absolute Gasteiger partial charge is 0.191 e. The highest BCUT2D eigenvalue weighted by molar-refractivity contribution is 9.10. The normalized spacial score (nSPS) is 20.1. The maximum atomic E-state index is 5.86. The van der Waals surface area contributed by atoms with Gasteiger partial charge in [-0.3, -0.25) is 4.99 Å². The number of rotatable bonds is 2. The third-order valence-corrected chi connectivity index (χ3v) is 3.64. The molecule has 1 aromatic rings. The number of aryl methyl sites for hydroxylation is 1. The van der Waals surface area contributed by atoms with E-state index in [-0.39, 0.29) is 6.04 Å². The first-order valence-electron chi connectivity index (χ1n) is 5.46. The second-order valence-electron chi connectivity index (χ2n) is 4.03. The standard InChI is InChI=1S/C12H16BrN3/c1-3-16-11(7-15-12(16)14)9-5-4-8(2)6-10(9)13/h4-6,11H,3,7H2,1-2H3,(H2,14,15). The third-order valence-electron chi connectivity index (χ3n) is 2.95. The summed E-state index contributed by atoms with van der Waals surface area (Å²) in [6.45, 7) is 5.83. The van der Waals surface area contributed by atoms with Crippen molar-refractivity contribution < 1.29 is 0 Å². The summed E-state index contributed by atoms with van der Waals surface area (Å²) in [5.41, 5.74) is 8.37. The zero-order valence-electron chi connectivity index (χ0n) is 9.57. The molecule has 0 aromatic heterocycles. The van der Waals surface area contributed by atoms with Gasteiger partial charge in [0.1, 0.15) is 0 Å². The molecule has 0 aliphatic carbocycles. The van der Waals surface area contributed by atoms with Crippen LogP contribution in [0.1, 0.15) is 24.1 Å². The van der Waals surface area contributed by atoms with E-state index in [0.717, 1.165) is 17.6 Å². The summed E-state index contributed by atoms with van der Waals surface area (Å²) in [4.78, 5) is 6.44. The number of aliphatic imine (C=N–C) groups is 1. The van der Waals surface area contributed by atoms with Crippen LogP contribution in [0, 0.1) is 6.92 Å². The van der Waals surface area contributed by atoms with E-state index in [1.54, 1.807) is 0 Å². The molecule has 0 bridgehead atoms. The number of guanidine groups is 1. The van der Waals surface area contributed by atoms with Crippen LogP contribution in [0.25, 0.3) is 0 Å². The van der Waals surface area contributed by atoms with Crippen LogP contribution < -0.4 is 5.73 Å². The van der Waals surface area contributed by atoms with Crippen LogP contribution in [0.2, 0.25) is 0 Å². The van der Waals surface area contributed by atoms with Crippen LogP contribution in [0.3, 0.4) is 0 Å². The minimum atomic E-state index is 0.278. The minimum absolute atomic E-state index is 0.278. The van der Waals surface area contributed by atoms with E-state index < -0.39 is 0 Å². The van der Waals surface area contributed by atoms with Crippen LogP contribution in [0.15, 0.2) is 27.7 Å². The van der Waals surface area contributed by atoms with Gasteiger partial charge in [-0.2, -0.15) is 0 Å². The van der Waals surface area contributed by atoms with Crippen molar-refractivity contribution in [3.05, 3.63) is 33.8 Å². The fraction of sp³-hybridized carbons (Fsp3) is 0.417. The van der Waals surface area contributed by atoms with E-state index in [0.29, 0.717) is 5.96 Å². The van der Waals surface area contributed by atoms with E-state index in [1.807, 2.05) is 0 Å². The number of hydrogen-bond acceptors (Lipinski definition) is 3. The predicted molar refractivity (Wildman–Crippen MR) is 70.5 cm³/mol. The summed E-state index contributed by atoms with van der Waals surface area (Å²) in [6.07, 6.45) is 0. The average molecular weight is 282 g/mol. The number of likely N-dealkylation sites (N-methyl/N-ethyl adjacent to an activating group) is 1. The Morgan fingerprint density at radius 1 is 1.56 bits per heavy atom. The van der Waals surface area contributed by atoms with E-state index in [2.05, 4.69) is 57.9 Å². The van der Waals surface area contributed by atoms with Crippen molar-refractivity contribution in [2.75, 3.05) is 13.1 Å². The number of hydrogen-bond donors (Lipinski definition) is 1. The van der Waals surface area contributed by atoms with Gasteiger partial charge in [0.2, 0.25) is 0 Å². The summed E-state index contributed by atoms with van der Waals surface area (Å²) in [7, 11) is 0. The molecule has 1 unspecified atom stereocenters. The van der Waals surface area contributed by atoms with Crippen molar-refractivity contribution in [3.63, 3.8) is 0 Å². The van der Waals surface area contributed by atoms with Crippen LogP contribution in [0.4, 0.5) is 0 Å². The van der Waals surface area contributed by atoms with Gasteiger partial charge >= 0.3 is 0 Å². The molecular formula is C12H16BrN3. The molecule has 0 saturated carbocycles. The van der Waals surface area contributed by atoms with E-state index >= 15 is 0 Å². The van der Waals surface area contributed by atoms with Crippen LogP contribution in [-0.4, -0.2) is 23.9 Å². The number of nitrogens with two attached hydrogens (primary N) is 1. The number of halogens is 1. The highest BCUT2D eigenvalue weighted by Gasteiger charge is 2.27. The lowest BCUT2D eigenvalue weighted by atomic mass is 10.0. The zero-order valence-corrected chi connectivity index (χ0v) is 11.2. The number of benzene rings is 1. The van der Waals surface area contributed by atoms with Gasteiger partial charge in [-0.15, -0.1) is 0 Å². The molecule has 0 radical (unpaired) electrons. The van der Waals surface area contributed by atoms with Crippen LogP contribution in [0.5, 0.6) is 0 Å². The summed E-state index contributed by atoms with van der Waals surface area (Å²) < 4.78 is 1.14. The lowest BCUT2D eigenvalue weighted by molar-refractivity contribution is 0.363. The maximum Gasteiger partial charge on any atom is 0.191 e. The molecule has 86 valence electrons. The van der Waals surface area contributed by atoms with Crippen molar-refractivity contribution in [2.24, 2.45) is 10.7 Å². The van der Waals surface area contributed by atoms with Crippen molar-refractivity contribution >= 4 is 21.9 Å². The fourth-order valence-corrected chi connectivity index (χ4v) is 2.84. The molecule has 1 aromatic carbocycles. The van der Waals surface area contributed by atoms with E-state index in [1.165, 1.54) is 11.1 Å². The largest absolute Gasteiger partial charge is 0.370 e. The Balaban J connectivity index is 2.32. The van der Waals surface area contributed by atoms with Crippen molar-refractivity contribution in [3.8, 4) is 0 Å². The summed E-state index contributed by atoms with van der Waals surface area (Å²) in [5, 5.41) is 0. The molecule has 1 aliphatic rings. The van der Waals surface area contributed by atoms with E-state index in [9.17, 15) is 0 Å². The van der Waals surface area contributed by atoms with Gasteiger partial charge in [0.15, 0.2) is 5.96 Å². The Labute approximate surface area is 104 Å². The quantitative estimate of drug-likeness (QED) is 0.905. The molecular weight excluding hydrogens is 266 g/mol. The Hall–Kier alpha value is -1.03. The Kier molecular flexibility index (Phi) is 3.19. The monoisotopic (exact) mass is 281 g/mol. The van der Waals surface area contributed by atoms with Gasteiger partial charge in [-0.1, -0.05) is 28.1 Å². The third kappa shape index (κ3) is 1.94. The summed E-state index contributed by atoms with van der Waals surface area (Å²) in [6, 6.07) is 6.70. The van der Waals surface area contributed by atoms with Gasteiger partial charge in [0.25, 0.3) is 0 Å². The predicted octanol–water partition coefficient (Wildman–Crippen LogP) is 2.45. The molecule has 3 nitrogen and oxygen atoms in total. The first kappa shape index (κ1) is 11.5. The summed E-state index contributed by atoms with van der Waals surface area (Å²) >= 11 is 3.62. The highest BCUT2D eigenvalue weighted by atomic mass is 79.9. The molecule has 2 rings (SSSR count). The topological polar surface area (TPSA) is 41.6 Å². The lowest BCUT2D eigenvalue weighted by Crippen LogP contribution is -2.35. The Bertz CT molecular complexity index is 428. The second kappa shape index (κ2) is 4.45. The molecule has 1 aliphatic heterocycles. The molecule has 4 heteroatoms. The van der Waals surface area contributed by atoms with Gasteiger partial charge in [-0.25, -0.2) is 0 Å². The average Bonchev–Trinajstić information content (AvgIpc) is 2.59. The molecule has 0 fully saturated rings. The molecule has 0 saturated heterocycles. The molecule has 16 heavy (non-hydrogen) atoms. The minimum Gasteiger partial charge on any atom is -0.370 e. The molecule has 0 spiro atoms. The van der Waals surface area contributed by atoms with Gasteiger partial charge in [0.05, 0.1) is 12.6 Å². The Morgan fingerprint density at radius 3 is 2.94 bits per heavy atom. The summed E-state index contributed by atoms with van der Waals surface area (Å²) in [5.74, 6) is 0.653. The Morgan fingerprint density at radius 2 is 2.31 bits per heavy atom. The highest BCUT2D eigenvalue weighted by Crippen LogP contribution is 2.31. The molecule has 1 atom stereocenters. The second-order valence-corrected chi connectivity index (χ2v) is 4.88.